The van der Waals surface area contributed by atoms with E-state index in [0.29, 0.717) is 19.5 Å². The summed E-state index contributed by atoms with van der Waals surface area (Å²) in [5.74, 6) is -0.725. The van der Waals surface area contributed by atoms with Crippen molar-refractivity contribution in [1.29, 1.82) is 0 Å². The summed E-state index contributed by atoms with van der Waals surface area (Å²) < 4.78 is 0. The van der Waals surface area contributed by atoms with Gasteiger partial charge in [-0.1, -0.05) is 33.6 Å². The summed E-state index contributed by atoms with van der Waals surface area (Å²) in [7, 11) is 0. The first-order valence-corrected chi connectivity index (χ1v) is 9.00. The Kier molecular flexibility index (Phi) is 8.22. The first-order chi connectivity index (χ1) is 11.2. The third-order valence-electron chi connectivity index (χ3n) is 4.34. The molecule has 24 heavy (non-hydrogen) atoms. The van der Waals surface area contributed by atoms with Gasteiger partial charge in [-0.15, -0.1) is 0 Å². The number of hydrogen-bond acceptors (Lipinski definition) is 3. The molecule has 1 fully saturated rings. The number of nitrogens with one attached hydrogen (secondary N) is 1. The molecule has 1 aliphatic heterocycles. The highest BCUT2D eigenvalue weighted by molar-refractivity contribution is 5.83. The first-order valence-electron chi connectivity index (χ1n) is 9.00. The molecule has 0 aromatic carbocycles. The van der Waals surface area contributed by atoms with E-state index in [1.807, 2.05) is 25.7 Å². The molecule has 0 saturated carbocycles. The molecule has 1 atom stereocenters. The number of unbranched alkanes of at least 4 members (excludes halogenated alkanes) is 3. The van der Waals surface area contributed by atoms with Gasteiger partial charge in [0.2, 0.25) is 11.8 Å². The van der Waals surface area contributed by atoms with Gasteiger partial charge in [-0.25, -0.2) is 0 Å². The number of nitrogens with zero attached hydrogens (tertiary/aromatic N) is 1. The Balaban J connectivity index is 2.25. The van der Waals surface area contributed by atoms with Crippen LogP contribution in [0, 0.1) is 11.3 Å². The molecule has 2 amide bonds. The summed E-state index contributed by atoms with van der Waals surface area (Å²) in [6.45, 7) is 7.59. The molecule has 1 heterocycles. The standard InChI is InChI=1S/C18H32N2O4/c1-18(2,3)17(24)20-12-8-9-14(13-20)16(23)19-11-7-5-4-6-10-15(21)22/h14H,4-13H2,1-3H3,(H,19,23)(H,21,22). The van der Waals surface area contributed by atoms with E-state index >= 15 is 0 Å². The molecule has 2 N–H and O–H groups in total. The number of piperidine rings is 1. The average Bonchev–Trinajstić information content (AvgIpc) is 2.52. The van der Waals surface area contributed by atoms with Crippen molar-refractivity contribution in [2.45, 2.75) is 65.7 Å². The van der Waals surface area contributed by atoms with Crippen LogP contribution < -0.4 is 5.32 Å². The molecule has 1 rings (SSSR count). The maximum atomic E-state index is 12.3. The number of rotatable bonds is 8. The minimum atomic E-state index is -0.755. The summed E-state index contributed by atoms with van der Waals surface area (Å²) in [6, 6.07) is 0. The fourth-order valence-electron chi connectivity index (χ4n) is 2.96. The van der Waals surface area contributed by atoms with E-state index in [1.165, 1.54) is 0 Å². The van der Waals surface area contributed by atoms with E-state index in [2.05, 4.69) is 5.32 Å². The van der Waals surface area contributed by atoms with Crippen LogP contribution in [-0.4, -0.2) is 47.4 Å². The molecule has 0 aromatic rings. The van der Waals surface area contributed by atoms with Crippen LogP contribution in [-0.2, 0) is 14.4 Å². The molecule has 1 saturated heterocycles. The molecule has 0 spiro atoms. The number of aliphatic carboxylic acids is 1. The maximum absolute atomic E-state index is 12.3. The Morgan fingerprint density at radius 1 is 1.12 bits per heavy atom. The molecule has 6 heteroatoms. The molecule has 1 unspecified atom stereocenters. The second-order valence-electron chi connectivity index (χ2n) is 7.69. The lowest BCUT2D eigenvalue weighted by molar-refractivity contribution is -0.143. The number of carbonyl (C=O) groups excluding carboxylic acids is 2. The Labute approximate surface area is 145 Å². The predicted octanol–water partition coefficient (Wildman–Crippen LogP) is 2.42. The number of likely N-dealkylation sites (tertiary alicyclic amines) is 1. The van der Waals surface area contributed by atoms with Gasteiger partial charge in [0, 0.05) is 31.5 Å². The van der Waals surface area contributed by atoms with Crippen molar-refractivity contribution in [2.75, 3.05) is 19.6 Å². The minimum Gasteiger partial charge on any atom is -0.481 e. The number of carbonyl (C=O) groups is 3. The van der Waals surface area contributed by atoms with Gasteiger partial charge in [-0.2, -0.15) is 0 Å². The number of amides is 2. The topological polar surface area (TPSA) is 86.7 Å². The van der Waals surface area contributed by atoms with E-state index in [-0.39, 0.29) is 24.2 Å². The quantitative estimate of drug-likeness (QED) is 0.664. The number of carboxylic acids is 1. The van der Waals surface area contributed by atoms with Crippen LogP contribution >= 0.6 is 0 Å². The highest BCUT2D eigenvalue weighted by atomic mass is 16.4. The fourth-order valence-corrected chi connectivity index (χ4v) is 2.96. The van der Waals surface area contributed by atoms with Gasteiger partial charge < -0.3 is 15.3 Å². The van der Waals surface area contributed by atoms with Crippen LogP contribution in [0.25, 0.3) is 0 Å². The van der Waals surface area contributed by atoms with Crippen LogP contribution in [0.2, 0.25) is 0 Å². The summed E-state index contributed by atoms with van der Waals surface area (Å²) in [5.41, 5.74) is -0.408. The van der Waals surface area contributed by atoms with Crippen molar-refractivity contribution in [3.63, 3.8) is 0 Å². The molecule has 0 aromatic heterocycles. The Morgan fingerprint density at radius 2 is 1.79 bits per heavy atom. The van der Waals surface area contributed by atoms with E-state index in [9.17, 15) is 14.4 Å². The van der Waals surface area contributed by atoms with Gasteiger partial charge in [-0.3, -0.25) is 14.4 Å². The fraction of sp³-hybridized carbons (Fsp3) is 0.833. The second kappa shape index (κ2) is 9.64. The highest BCUT2D eigenvalue weighted by Crippen LogP contribution is 2.23. The Morgan fingerprint density at radius 3 is 2.42 bits per heavy atom. The third-order valence-corrected chi connectivity index (χ3v) is 4.34. The van der Waals surface area contributed by atoms with Gasteiger partial charge in [0.1, 0.15) is 0 Å². The zero-order valence-corrected chi connectivity index (χ0v) is 15.3. The zero-order chi connectivity index (χ0) is 18.2. The summed E-state index contributed by atoms with van der Waals surface area (Å²) in [6.07, 6.45) is 5.27. The lowest BCUT2D eigenvalue weighted by Gasteiger charge is -2.35. The molecule has 1 aliphatic rings. The molecular weight excluding hydrogens is 308 g/mol. The van der Waals surface area contributed by atoms with Crippen molar-refractivity contribution in [2.24, 2.45) is 11.3 Å². The van der Waals surface area contributed by atoms with E-state index < -0.39 is 11.4 Å². The predicted molar refractivity (Wildman–Crippen MR) is 92.5 cm³/mol. The lowest BCUT2D eigenvalue weighted by Crippen LogP contribution is -2.48. The Hall–Kier alpha value is -1.59. The summed E-state index contributed by atoms with van der Waals surface area (Å²) in [5, 5.41) is 11.5. The normalized spacial score (nSPS) is 18.3. The number of carboxylic acid groups (broad SMARTS) is 1. The van der Waals surface area contributed by atoms with Crippen molar-refractivity contribution in [3.8, 4) is 0 Å². The van der Waals surface area contributed by atoms with Gasteiger partial charge in [-0.05, 0) is 25.7 Å². The molecule has 0 bridgehead atoms. The van der Waals surface area contributed by atoms with Crippen molar-refractivity contribution in [3.05, 3.63) is 0 Å². The maximum Gasteiger partial charge on any atom is 0.303 e. The van der Waals surface area contributed by atoms with Gasteiger partial charge in [0.25, 0.3) is 0 Å². The van der Waals surface area contributed by atoms with Crippen LogP contribution in [0.3, 0.4) is 0 Å². The highest BCUT2D eigenvalue weighted by Gasteiger charge is 2.33. The second-order valence-corrected chi connectivity index (χ2v) is 7.69. The first kappa shape index (κ1) is 20.5. The number of hydrogen-bond donors (Lipinski definition) is 2. The van der Waals surface area contributed by atoms with Crippen LogP contribution in [0.5, 0.6) is 0 Å². The molecule has 6 nitrogen and oxygen atoms in total. The minimum absolute atomic E-state index is 0.0342. The zero-order valence-electron chi connectivity index (χ0n) is 15.3. The van der Waals surface area contributed by atoms with Crippen molar-refractivity contribution < 1.29 is 19.5 Å². The monoisotopic (exact) mass is 340 g/mol. The van der Waals surface area contributed by atoms with Crippen LogP contribution in [0.15, 0.2) is 0 Å². The van der Waals surface area contributed by atoms with Crippen molar-refractivity contribution in [1.82, 2.24) is 10.2 Å². The van der Waals surface area contributed by atoms with Gasteiger partial charge in [0.15, 0.2) is 0 Å². The largest absolute Gasteiger partial charge is 0.481 e. The Bertz CT molecular complexity index is 443. The lowest BCUT2D eigenvalue weighted by atomic mass is 9.91. The molecule has 0 aliphatic carbocycles. The van der Waals surface area contributed by atoms with Gasteiger partial charge in [0.05, 0.1) is 5.92 Å². The molecule has 138 valence electrons. The van der Waals surface area contributed by atoms with E-state index in [0.717, 1.165) is 38.6 Å². The van der Waals surface area contributed by atoms with E-state index in [4.69, 9.17) is 5.11 Å². The summed E-state index contributed by atoms with van der Waals surface area (Å²) >= 11 is 0. The van der Waals surface area contributed by atoms with Crippen molar-refractivity contribution >= 4 is 17.8 Å². The average molecular weight is 340 g/mol. The summed E-state index contributed by atoms with van der Waals surface area (Å²) in [4.78, 5) is 36.8. The van der Waals surface area contributed by atoms with Crippen LogP contribution in [0.4, 0.5) is 0 Å². The van der Waals surface area contributed by atoms with Gasteiger partial charge >= 0.3 is 5.97 Å². The van der Waals surface area contributed by atoms with E-state index in [1.54, 1.807) is 0 Å². The molecule has 0 radical (unpaired) electrons. The molecular formula is C18H32N2O4. The smallest absolute Gasteiger partial charge is 0.303 e. The third kappa shape index (κ3) is 7.32. The van der Waals surface area contributed by atoms with Crippen LogP contribution in [0.1, 0.15) is 65.7 Å². The SMILES string of the molecule is CC(C)(C)C(=O)N1CCCC(C(=O)NCCCCCCC(=O)O)C1.